The van der Waals surface area contributed by atoms with Crippen LogP contribution in [0.15, 0.2) is 60.0 Å². The lowest BCUT2D eigenvalue weighted by Crippen LogP contribution is -2.34. The van der Waals surface area contributed by atoms with E-state index in [1.807, 2.05) is 36.4 Å². The highest BCUT2D eigenvalue weighted by molar-refractivity contribution is 5.85. The third kappa shape index (κ3) is 3.17. The molecule has 146 valence electrons. The predicted octanol–water partition coefficient (Wildman–Crippen LogP) is 5.53. The number of nitrogens with zero attached hydrogens (tertiary/aromatic N) is 3. The minimum Gasteiger partial charge on any atom is -0.457 e. The van der Waals surface area contributed by atoms with Crippen molar-refractivity contribution in [3.8, 4) is 11.8 Å². The van der Waals surface area contributed by atoms with Crippen molar-refractivity contribution in [1.82, 2.24) is 0 Å². The summed E-state index contributed by atoms with van der Waals surface area (Å²) in [6, 6.07) is 14.1. The van der Waals surface area contributed by atoms with Gasteiger partial charge in [0.05, 0.1) is 12.6 Å². The van der Waals surface area contributed by atoms with Gasteiger partial charge in [0.1, 0.15) is 11.5 Å². The Balaban J connectivity index is 1.52. The van der Waals surface area contributed by atoms with Gasteiger partial charge in [-0.3, -0.25) is 0 Å². The summed E-state index contributed by atoms with van der Waals surface area (Å²) >= 11 is 0. The fourth-order valence-electron chi connectivity index (χ4n) is 4.68. The van der Waals surface area contributed by atoms with Crippen molar-refractivity contribution in [1.29, 1.82) is 5.26 Å². The van der Waals surface area contributed by atoms with E-state index in [1.165, 1.54) is 48.3 Å². The van der Waals surface area contributed by atoms with Gasteiger partial charge in [-0.1, -0.05) is 24.3 Å². The van der Waals surface area contributed by atoms with E-state index in [4.69, 9.17) is 11.3 Å². The topological polar surface area (TPSA) is 40.6 Å². The van der Waals surface area contributed by atoms with Gasteiger partial charge < -0.3 is 9.64 Å². The summed E-state index contributed by atoms with van der Waals surface area (Å²) in [5.41, 5.74) is 7.00. The van der Waals surface area contributed by atoms with Crippen molar-refractivity contribution in [3.05, 3.63) is 93.7 Å². The summed E-state index contributed by atoms with van der Waals surface area (Å²) in [7, 11) is 0. The number of aryl methyl sites for hydroxylation is 2. The van der Waals surface area contributed by atoms with Crippen LogP contribution in [0, 0.1) is 17.9 Å². The van der Waals surface area contributed by atoms with E-state index in [2.05, 4.69) is 28.0 Å². The SMILES string of the molecule is [C-]#[N+]C(C#N)=C1C=C(C=Cc2cc3c4c(c2)CCCN4CCC3)Oc2ccccc21. The van der Waals surface area contributed by atoms with Gasteiger partial charge in [0.15, 0.2) is 0 Å². The Hall–Kier alpha value is -3.76. The molecule has 3 heterocycles. The molecule has 0 bridgehead atoms. The number of hydrogen-bond acceptors (Lipinski definition) is 3. The average molecular weight is 391 g/mol. The van der Waals surface area contributed by atoms with Crippen LogP contribution in [0.3, 0.4) is 0 Å². The fraction of sp³-hybridized carbons (Fsp3) is 0.231. The van der Waals surface area contributed by atoms with Crippen LogP contribution < -0.4 is 9.64 Å². The number of anilines is 1. The molecule has 0 aromatic heterocycles. The molecular formula is C26H21N3O. The first-order valence-electron chi connectivity index (χ1n) is 10.4. The molecule has 0 atom stereocenters. The summed E-state index contributed by atoms with van der Waals surface area (Å²) in [6.07, 6.45) is 10.5. The maximum atomic E-state index is 9.38. The highest BCUT2D eigenvalue weighted by atomic mass is 16.5. The number of benzene rings is 2. The van der Waals surface area contributed by atoms with Crippen LogP contribution in [0.2, 0.25) is 0 Å². The van der Waals surface area contributed by atoms with Crippen molar-refractivity contribution in [2.24, 2.45) is 0 Å². The second kappa shape index (κ2) is 7.58. The molecule has 4 heteroatoms. The molecule has 0 spiro atoms. The summed E-state index contributed by atoms with van der Waals surface area (Å²) in [5.74, 6) is 1.30. The molecule has 0 unspecified atom stereocenters. The van der Waals surface area contributed by atoms with Crippen molar-refractivity contribution in [2.45, 2.75) is 25.7 Å². The standard InChI is InChI=1S/C26H21N3O/c1-28-24(17-27)23-16-21(30-25-9-3-2-8-22(23)25)11-10-18-14-19-6-4-12-29-13-5-7-20(15-18)26(19)29/h2-3,8-11,14-16H,4-7,12-13H2. The van der Waals surface area contributed by atoms with Gasteiger partial charge in [0.2, 0.25) is 0 Å². The average Bonchev–Trinajstić information content (AvgIpc) is 2.79. The van der Waals surface area contributed by atoms with Crippen molar-refractivity contribution < 1.29 is 4.74 Å². The molecule has 0 N–H and O–H groups in total. The highest BCUT2D eigenvalue weighted by Crippen LogP contribution is 2.38. The molecule has 0 aliphatic carbocycles. The van der Waals surface area contributed by atoms with Crippen molar-refractivity contribution in [2.75, 3.05) is 18.0 Å². The second-order valence-electron chi connectivity index (χ2n) is 7.85. The van der Waals surface area contributed by atoms with E-state index in [9.17, 15) is 5.26 Å². The summed E-state index contributed by atoms with van der Waals surface area (Å²) in [4.78, 5) is 5.95. The smallest absolute Gasteiger partial charge is 0.269 e. The Kier molecular flexibility index (Phi) is 4.62. The van der Waals surface area contributed by atoms with E-state index in [-0.39, 0.29) is 5.70 Å². The van der Waals surface area contributed by atoms with Crippen LogP contribution in [-0.2, 0) is 12.8 Å². The molecule has 2 aromatic carbocycles. The maximum Gasteiger partial charge on any atom is 0.269 e. The van der Waals surface area contributed by atoms with Crippen LogP contribution in [0.5, 0.6) is 5.75 Å². The molecule has 2 aromatic rings. The molecule has 0 saturated heterocycles. The Labute approximate surface area is 176 Å². The molecule has 4 nitrogen and oxygen atoms in total. The number of allylic oxidation sites excluding steroid dienone is 4. The van der Waals surface area contributed by atoms with Crippen molar-refractivity contribution in [3.63, 3.8) is 0 Å². The zero-order chi connectivity index (χ0) is 20.5. The molecule has 30 heavy (non-hydrogen) atoms. The van der Waals surface area contributed by atoms with Crippen LogP contribution in [-0.4, -0.2) is 13.1 Å². The highest BCUT2D eigenvalue weighted by Gasteiger charge is 2.24. The number of nitriles is 1. The largest absolute Gasteiger partial charge is 0.457 e. The predicted molar refractivity (Wildman–Crippen MR) is 119 cm³/mol. The Morgan fingerprint density at radius 3 is 2.53 bits per heavy atom. The quantitative estimate of drug-likeness (QED) is 0.499. The van der Waals surface area contributed by atoms with Gasteiger partial charge in [-0.2, -0.15) is 0 Å². The third-order valence-corrected chi connectivity index (χ3v) is 5.96. The lowest BCUT2D eigenvalue weighted by Gasteiger charge is -2.37. The van der Waals surface area contributed by atoms with Gasteiger partial charge in [-0.15, -0.1) is 0 Å². The van der Waals surface area contributed by atoms with Crippen LogP contribution in [0.1, 0.15) is 35.1 Å². The number of hydrogen-bond donors (Lipinski definition) is 0. The Morgan fingerprint density at radius 1 is 1.10 bits per heavy atom. The normalized spacial score (nSPS) is 18.5. The van der Waals surface area contributed by atoms with Crippen LogP contribution >= 0.6 is 0 Å². The fourth-order valence-corrected chi connectivity index (χ4v) is 4.68. The van der Waals surface area contributed by atoms with Crippen LogP contribution in [0.4, 0.5) is 5.69 Å². The maximum absolute atomic E-state index is 9.38. The van der Waals surface area contributed by atoms with E-state index in [0.29, 0.717) is 17.1 Å². The molecule has 0 amide bonds. The lowest BCUT2D eigenvalue weighted by molar-refractivity contribution is 0.439. The molecule has 3 aliphatic rings. The summed E-state index contributed by atoms with van der Waals surface area (Å²) in [6.45, 7) is 9.69. The molecule has 0 saturated carbocycles. The van der Waals surface area contributed by atoms with Gasteiger partial charge >= 0.3 is 0 Å². The number of ether oxygens (including phenoxy) is 1. The van der Waals surface area contributed by atoms with Gasteiger partial charge in [-0.25, -0.2) is 10.1 Å². The first-order valence-corrected chi connectivity index (χ1v) is 10.4. The molecule has 3 aliphatic heterocycles. The third-order valence-electron chi connectivity index (χ3n) is 5.96. The Bertz CT molecular complexity index is 1160. The van der Waals surface area contributed by atoms with E-state index >= 15 is 0 Å². The van der Waals surface area contributed by atoms with E-state index in [0.717, 1.165) is 18.4 Å². The lowest BCUT2D eigenvalue weighted by atomic mass is 9.90. The molecule has 0 radical (unpaired) electrons. The van der Waals surface area contributed by atoms with Gasteiger partial charge in [-0.05, 0) is 72.7 Å². The monoisotopic (exact) mass is 391 g/mol. The van der Waals surface area contributed by atoms with Gasteiger partial charge in [0.25, 0.3) is 5.70 Å². The first-order chi connectivity index (χ1) is 14.8. The van der Waals surface area contributed by atoms with E-state index < -0.39 is 0 Å². The number of fused-ring (bicyclic) bond motifs is 1. The zero-order valence-electron chi connectivity index (χ0n) is 16.7. The number of rotatable bonds is 2. The molecule has 0 fully saturated rings. The van der Waals surface area contributed by atoms with Gasteiger partial charge in [0, 0.05) is 29.9 Å². The molecule has 5 rings (SSSR count). The molecular weight excluding hydrogens is 370 g/mol. The van der Waals surface area contributed by atoms with Crippen LogP contribution in [0.25, 0.3) is 16.5 Å². The van der Waals surface area contributed by atoms with E-state index in [1.54, 1.807) is 6.08 Å². The van der Waals surface area contributed by atoms with Crippen molar-refractivity contribution >= 4 is 17.3 Å². The zero-order valence-corrected chi connectivity index (χ0v) is 16.7. The Morgan fingerprint density at radius 2 is 1.83 bits per heavy atom. The first kappa shape index (κ1) is 18.3. The minimum absolute atomic E-state index is 0.0787. The second-order valence-corrected chi connectivity index (χ2v) is 7.85. The summed E-state index contributed by atoms with van der Waals surface area (Å²) in [5, 5.41) is 9.38. The minimum atomic E-state index is 0.0787. The number of para-hydroxylation sites is 1. The summed E-state index contributed by atoms with van der Waals surface area (Å²) < 4.78 is 6.04.